The number of nitrogens with one attached hydrogen (secondary N) is 1. The van der Waals surface area contributed by atoms with Crippen molar-refractivity contribution in [3.63, 3.8) is 0 Å². The Balaban J connectivity index is 1.52. The fraction of sp³-hybridized carbons (Fsp3) is 0.276. The molecule has 1 atom stereocenters. The lowest BCUT2D eigenvalue weighted by atomic mass is 10.0. The maximum absolute atomic E-state index is 14.2. The predicted molar refractivity (Wildman–Crippen MR) is 146 cm³/mol. The monoisotopic (exact) mass is 499 g/mol. The van der Waals surface area contributed by atoms with Gasteiger partial charge in [0.15, 0.2) is 0 Å². The van der Waals surface area contributed by atoms with Crippen LogP contribution in [0.3, 0.4) is 0 Å². The van der Waals surface area contributed by atoms with Crippen LogP contribution in [0.4, 0.5) is 17.1 Å². The molecule has 5 rings (SSSR count). The van der Waals surface area contributed by atoms with Crippen molar-refractivity contribution in [3.8, 4) is 0 Å². The first-order valence-corrected chi connectivity index (χ1v) is 13.0. The predicted octanol–water partition coefficient (Wildman–Crippen LogP) is 5.15. The molecule has 2 aliphatic rings. The number of hydrogen-bond donors (Lipinski definition) is 1. The summed E-state index contributed by atoms with van der Waals surface area (Å²) in [4.78, 5) is 42.5. The summed E-state index contributed by atoms with van der Waals surface area (Å²) in [6.45, 7) is 9.82. The molecular weight excluding hydrogens is 470 g/mol. The second-order valence-electron chi connectivity index (χ2n) is 9.66. The Morgan fingerprint density at radius 3 is 2.31 bits per heavy atom. The maximum Gasteiger partial charge on any atom is 0.269 e. The summed E-state index contributed by atoms with van der Waals surface area (Å²) in [5.41, 5.74) is 8.09. The van der Waals surface area contributed by atoms with Crippen molar-refractivity contribution < 1.29 is 14.4 Å². The molecule has 0 aliphatic carbocycles. The second-order valence-corrected chi connectivity index (χ2v) is 10.8. The third-order valence-corrected chi connectivity index (χ3v) is 8.44. The Kier molecular flexibility index (Phi) is 5.91. The highest BCUT2D eigenvalue weighted by Crippen LogP contribution is 2.55. The van der Waals surface area contributed by atoms with Gasteiger partial charge in [-0.1, -0.05) is 42.0 Å². The summed E-state index contributed by atoms with van der Waals surface area (Å²) in [5, 5.41) is 3.01. The molecule has 1 saturated heterocycles. The van der Waals surface area contributed by atoms with Crippen molar-refractivity contribution in [2.75, 3.05) is 27.4 Å². The van der Waals surface area contributed by atoms with Crippen LogP contribution in [0.25, 0.3) is 0 Å². The number of carbonyl (C=O) groups excluding carboxylic acids is 3. The van der Waals surface area contributed by atoms with Crippen molar-refractivity contribution in [1.82, 2.24) is 0 Å². The Hall–Kier alpha value is -3.58. The first-order chi connectivity index (χ1) is 17.1. The van der Waals surface area contributed by atoms with Crippen LogP contribution in [0.1, 0.15) is 33.4 Å². The third-order valence-electron chi connectivity index (χ3n) is 7.06. The van der Waals surface area contributed by atoms with Crippen LogP contribution < -0.4 is 15.1 Å². The summed E-state index contributed by atoms with van der Waals surface area (Å²) in [6, 6.07) is 17.3. The second kappa shape index (κ2) is 8.82. The quantitative estimate of drug-likeness (QED) is 0.539. The molecule has 184 valence electrons. The molecule has 0 radical (unpaired) electrons. The van der Waals surface area contributed by atoms with Gasteiger partial charge in [0.25, 0.3) is 5.91 Å². The number of aryl methyl sites for hydroxylation is 5. The van der Waals surface area contributed by atoms with Gasteiger partial charge in [-0.2, -0.15) is 0 Å². The number of amides is 3. The van der Waals surface area contributed by atoms with Crippen LogP contribution >= 0.6 is 11.8 Å². The van der Waals surface area contributed by atoms with Crippen LogP contribution in [0, 0.1) is 34.6 Å². The van der Waals surface area contributed by atoms with Crippen LogP contribution in [0.2, 0.25) is 0 Å². The van der Waals surface area contributed by atoms with E-state index in [4.69, 9.17) is 0 Å². The number of hydrogen-bond acceptors (Lipinski definition) is 4. The van der Waals surface area contributed by atoms with Gasteiger partial charge in [-0.05, 0) is 75.1 Å². The average Bonchev–Trinajstić information content (AvgIpc) is 3.29. The van der Waals surface area contributed by atoms with Gasteiger partial charge in [0.1, 0.15) is 6.54 Å². The number of anilines is 3. The van der Waals surface area contributed by atoms with E-state index in [0.29, 0.717) is 11.4 Å². The Labute approximate surface area is 215 Å². The molecule has 0 bridgehead atoms. The molecule has 2 heterocycles. The van der Waals surface area contributed by atoms with Crippen molar-refractivity contribution >= 4 is 46.5 Å². The van der Waals surface area contributed by atoms with Gasteiger partial charge < -0.3 is 5.32 Å². The van der Waals surface area contributed by atoms with E-state index >= 15 is 0 Å². The zero-order chi connectivity index (χ0) is 25.8. The van der Waals surface area contributed by atoms with E-state index in [1.807, 2.05) is 89.2 Å². The molecule has 1 N–H and O–H groups in total. The SMILES string of the molecule is Cc1cc(C)c(NC(=O)CN2C(=O)[C@]3(SCC(=O)N3c3ccc(C)c(C)c3)c3ccccc32)c(C)c1. The molecule has 2 aliphatic heterocycles. The number of para-hydroxylation sites is 1. The van der Waals surface area contributed by atoms with E-state index in [2.05, 4.69) is 5.32 Å². The lowest BCUT2D eigenvalue weighted by molar-refractivity contribution is -0.124. The maximum atomic E-state index is 14.2. The molecule has 3 aromatic carbocycles. The minimum atomic E-state index is -1.23. The molecule has 3 amide bonds. The highest BCUT2D eigenvalue weighted by atomic mass is 32.2. The van der Waals surface area contributed by atoms with Gasteiger partial charge in [0.2, 0.25) is 16.7 Å². The Morgan fingerprint density at radius 1 is 0.917 bits per heavy atom. The molecule has 3 aromatic rings. The minimum absolute atomic E-state index is 0.122. The summed E-state index contributed by atoms with van der Waals surface area (Å²) >= 11 is 1.32. The summed E-state index contributed by atoms with van der Waals surface area (Å²) < 4.78 is 0. The molecule has 0 aromatic heterocycles. The molecule has 1 fully saturated rings. The van der Waals surface area contributed by atoms with Gasteiger partial charge in [-0.15, -0.1) is 11.8 Å². The zero-order valence-corrected chi connectivity index (χ0v) is 22.0. The van der Waals surface area contributed by atoms with Crippen LogP contribution in [-0.2, 0) is 19.3 Å². The van der Waals surface area contributed by atoms with Crippen molar-refractivity contribution in [1.29, 1.82) is 0 Å². The van der Waals surface area contributed by atoms with Crippen LogP contribution in [0.15, 0.2) is 54.6 Å². The summed E-state index contributed by atoms with van der Waals surface area (Å²) in [7, 11) is 0. The largest absolute Gasteiger partial charge is 0.324 e. The average molecular weight is 500 g/mol. The lowest BCUT2D eigenvalue weighted by Crippen LogP contribution is -2.51. The van der Waals surface area contributed by atoms with Gasteiger partial charge >= 0.3 is 0 Å². The molecule has 6 nitrogen and oxygen atoms in total. The molecule has 1 spiro atoms. The topological polar surface area (TPSA) is 69.7 Å². The van der Waals surface area contributed by atoms with Crippen LogP contribution in [0.5, 0.6) is 0 Å². The number of benzene rings is 3. The smallest absolute Gasteiger partial charge is 0.269 e. The number of nitrogens with zero attached hydrogens (tertiary/aromatic N) is 2. The molecule has 7 heteroatoms. The number of thioether (sulfide) groups is 1. The van der Waals surface area contributed by atoms with E-state index in [0.717, 1.165) is 39.1 Å². The number of rotatable bonds is 4. The standard InChI is InChI=1S/C29H29N3O3S/c1-17-12-20(4)27(21(5)13-17)30-25(33)15-31-24-9-7-6-8-23(24)29(28(31)35)32(26(34)16-36-29)22-11-10-18(2)19(3)14-22/h6-14H,15-16H2,1-5H3,(H,30,33)/t29-/m1/s1. The highest BCUT2D eigenvalue weighted by Gasteiger charge is 2.61. The molecule has 0 saturated carbocycles. The summed E-state index contributed by atoms with van der Waals surface area (Å²) in [5.74, 6) is -0.486. The van der Waals surface area contributed by atoms with Crippen molar-refractivity contribution in [3.05, 3.63) is 88.0 Å². The molecular formula is C29H29N3O3S. The Bertz CT molecular complexity index is 1410. The van der Waals surface area contributed by atoms with Gasteiger partial charge in [0, 0.05) is 16.9 Å². The van der Waals surface area contributed by atoms with E-state index in [1.165, 1.54) is 16.7 Å². The van der Waals surface area contributed by atoms with Gasteiger partial charge in [-0.3, -0.25) is 24.2 Å². The zero-order valence-electron chi connectivity index (χ0n) is 21.1. The first-order valence-electron chi connectivity index (χ1n) is 12.0. The van der Waals surface area contributed by atoms with Crippen molar-refractivity contribution in [2.45, 2.75) is 39.5 Å². The highest BCUT2D eigenvalue weighted by molar-refractivity contribution is 8.02. The fourth-order valence-corrected chi connectivity index (χ4v) is 6.64. The van der Waals surface area contributed by atoms with Gasteiger partial charge in [0.05, 0.1) is 11.4 Å². The minimum Gasteiger partial charge on any atom is -0.324 e. The Morgan fingerprint density at radius 2 is 1.61 bits per heavy atom. The van der Waals surface area contributed by atoms with E-state index in [1.54, 1.807) is 4.90 Å². The fourth-order valence-electron chi connectivity index (χ4n) is 5.28. The lowest BCUT2D eigenvalue weighted by Gasteiger charge is -2.33. The van der Waals surface area contributed by atoms with Gasteiger partial charge in [-0.25, -0.2) is 0 Å². The van der Waals surface area contributed by atoms with Crippen molar-refractivity contribution in [2.24, 2.45) is 0 Å². The van der Waals surface area contributed by atoms with E-state index < -0.39 is 4.87 Å². The van der Waals surface area contributed by atoms with Crippen LogP contribution in [-0.4, -0.2) is 30.0 Å². The van der Waals surface area contributed by atoms with E-state index in [-0.39, 0.29) is 30.0 Å². The number of fused-ring (bicyclic) bond motifs is 2. The molecule has 36 heavy (non-hydrogen) atoms. The normalized spacial score (nSPS) is 18.8. The number of carbonyl (C=O) groups is 3. The van der Waals surface area contributed by atoms with E-state index in [9.17, 15) is 14.4 Å². The third kappa shape index (κ3) is 3.69. The first kappa shape index (κ1) is 24.1. The summed E-state index contributed by atoms with van der Waals surface area (Å²) in [6.07, 6.45) is 0. The molecule has 0 unspecified atom stereocenters.